The summed E-state index contributed by atoms with van der Waals surface area (Å²) >= 11 is 0. The predicted octanol–water partition coefficient (Wildman–Crippen LogP) is 1.05. The van der Waals surface area contributed by atoms with Crippen LogP contribution < -0.4 is 10.8 Å². The van der Waals surface area contributed by atoms with Gasteiger partial charge in [0.25, 0.3) is 0 Å². The van der Waals surface area contributed by atoms with Crippen LogP contribution in [-0.4, -0.2) is 42.6 Å². The number of aliphatic hydroxyl groups excluding tert-OH is 1. The summed E-state index contributed by atoms with van der Waals surface area (Å²) in [5, 5.41) is 12.7. The number of amides is 1. The molecule has 1 fully saturated rings. The van der Waals surface area contributed by atoms with Gasteiger partial charge in [-0.3, -0.25) is 4.84 Å². The molecular weight excluding hydrogens is 248 g/mol. The van der Waals surface area contributed by atoms with Crippen LogP contribution in [0.5, 0.6) is 0 Å². The maximum atomic E-state index is 11.5. The van der Waals surface area contributed by atoms with Gasteiger partial charge in [0.05, 0.1) is 6.61 Å². The summed E-state index contributed by atoms with van der Waals surface area (Å²) < 4.78 is 5.08. The number of carbonyl (C=O) groups is 1. The molecule has 0 aromatic carbocycles. The first-order valence-electron chi connectivity index (χ1n) is 6.79. The van der Waals surface area contributed by atoms with E-state index in [2.05, 4.69) is 17.7 Å². The summed E-state index contributed by atoms with van der Waals surface area (Å²) in [7, 11) is 0. The Morgan fingerprint density at radius 1 is 1.53 bits per heavy atom. The molecule has 1 aliphatic rings. The molecule has 0 bridgehead atoms. The van der Waals surface area contributed by atoms with Gasteiger partial charge >= 0.3 is 6.09 Å². The van der Waals surface area contributed by atoms with Gasteiger partial charge in [0.2, 0.25) is 0 Å². The third-order valence-corrected chi connectivity index (χ3v) is 3.20. The van der Waals surface area contributed by atoms with Crippen molar-refractivity contribution in [2.75, 3.05) is 19.7 Å². The van der Waals surface area contributed by atoms with E-state index >= 15 is 0 Å². The topological polar surface area (TPSA) is 79.8 Å². The Kier molecular flexibility index (Phi) is 6.03. The Morgan fingerprint density at radius 2 is 2.21 bits per heavy atom. The number of hydroxylamine groups is 1. The van der Waals surface area contributed by atoms with E-state index in [9.17, 15) is 9.90 Å². The highest BCUT2D eigenvalue weighted by molar-refractivity contribution is 5.66. The quantitative estimate of drug-likeness (QED) is 0.668. The van der Waals surface area contributed by atoms with Crippen LogP contribution in [0.25, 0.3) is 0 Å². The lowest BCUT2D eigenvalue weighted by Gasteiger charge is -2.34. The number of hydrogen-bond donors (Lipinski definition) is 3. The molecule has 6 nitrogen and oxygen atoms in total. The summed E-state index contributed by atoms with van der Waals surface area (Å²) in [5.74, 6) is 0.618. The minimum atomic E-state index is -0.632. The second-order valence-electron chi connectivity index (χ2n) is 6.08. The third kappa shape index (κ3) is 5.76. The molecule has 3 N–H and O–H groups in total. The van der Waals surface area contributed by atoms with E-state index in [-0.39, 0.29) is 12.5 Å². The van der Waals surface area contributed by atoms with E-state index < -0.39 is 17.8 Å². The van der Waals surface area contributed by atoms with E-state index in [1.807, 2.05) is 0 Å². The maximum absolute atomic E-state index is 11.5. The first kappa shape index (κ1) is 16.2. The molecule has 19 heavy (non-hydrogen) atoms. The molecule has 3 unspecified atom stereocenters. The van der Waals surface area contributed by atoms with Gasteiger partial charge in [-0.1, -0.05) is 6.92 Å². The molecule has 1 heterocycles. The van der Waals surface area contributed by atoms with Gasteiger partial charge in [0.15, 0.2) is 0 Å². The zero-order valence-electron chi connectivity index (χ0n) is 12.2. The van der Waals surface area contributed by atoms with Gasteiger partial charge < -0.3 is 15.2 Å². The number of nitrogens with one attached hydrogen (secondary N) is 2. The lowest BCUT2D eigenvalue weighted by atomic mass is 9.84. The average molecular weight is 274 g/mol. The predicted molar refractivity (Wildman–Crippen MR) is 71.5 cm³/mol. The van der Waals surface area contributed by atoms with Crippen molar-refractivity contribution in [1.82, 2.24) is 10.8 Å². The van der Waals surface area contributed by atoms with E-state index in [0.717, 1.165) is 19.5 Å². The molecule has 112 valence electrons. The fourth-order valence-corrected chi connectivity index (χ4v) is 2.27. The molecule has 1 amide bonds. The molecule has 3 atom stereocenters. The van der Waals surface area contributed by atoms with Crippen molar-refractivity contribution in [2.45, 2.75) is 45.8 Å². The first-order chi connectivity index (χ1) is 8.83. The number of aliphatic hydroxyl groups is 1. The molecule has 0 aromatic heterocycles. The molecule has 0 aromatic rings. The Bertz CT molecular complexity index is 291. The van der Waals surface area contributed by atoms with Crippen molar-refractivity contribution in [3.8, 4) is 0 Å². The highest BCUT2D eigenvalue weighted by Crippen LogP contribution is 2.23. The molecule has 6 heteroatoms. The molecule has 1 saturated heterocycles. The first-order valence-corrected chi connectivity index (χ1v) is 6.79. The van der Waals surface area contributed by atoms with Crippen molar-refractivity contribution in [3.63, 3.8) is 0 Å². The van der Waals surface area contributed by atoms with E-state index in [4.69, 9.17) is 9.57 Å². The highest BCUT2D eigenvalue weighted by atomic mass is 16.7. The maximum Gasteiger partial charge on any atom is 0.431 e. The smallest absolute Gasteiger partial charge is 0.431 e. The van der Waals surface area contributed by atoms with Crippen molar-refractivity contribution >= 4 is 6.09 Å². The van der Waals surface area contributed by atoms with Gasteiger partial charge in [-0.2, -0.15) is 5.48 Å². The minimum Gasteiger partial charge on any atom is -0.442 e. The zero-order valence-corrected chi connectivity index (χ0v) is 12.2. The van der Waals surface area contributed by atoms with E-state index in [0.29, 0.717) is 5.92 Å². The number of carbonyl (C=O) groups excluding carboxylic acids is 1. The summed E-state index contributed by atoms with van der Waals surface area (Å²) in [6, 6.07) is 0. The third-order valence-electron chi connectivity index (χ3n) is 3.20. The van der Waals surface area contributed by atoms with Crippen LogP contribution in [0.15, 0.2) is 0 Å². The number of piperidine rings is 1. The number of hydrogen-bond acceptors (Lipinski definition) is 5. The Hall–Kier alpha value is -0.850. The molecular formula is C13H26N2O4. The van der Waals surface area contributed by atoms with Crippen molar-refractivity contribution in [1.29, 1.82) is 0 Å². The summed E-state index contributed by atoms with van der Waals surface area (Å²) in [5.41, 5.74) is 1.70. The second-order valence-corrected chi connectivity index (χ2v) is 6.08. The van der Waals surface area contributed by atoms with Crippen LogP contribution in [0.1, 0.15) is 34.1 Å². The summed E-state index contributed by atoms with van der Waals surface area (Å²) in [6.45, 7) is 9.14. The van der Waals surface area contributed by atoms with Gasteiger partial charge in [-0.05, 0) is 52.1 Å². The molecule has 0 radical (unpaired) electrons. The summed E-state index contributed by atoms with van der Waals surface area (Å²) in [4.78, 5) is 16.8. The SMILES string of the molecule is CC1CNCCC1C(CO)ONC(=O)OC(C)(C)C. The molecule has 1 rings (SSSR count). The Labute approximate surface area is 114 Å². The molecule has 0 spiro atoms. The Morgan fingerprint density at radius 3 is 2.74 bits per heavy atom. The fourth-order valence-electron chi connectivity index (χ4n) is 2.27. The monoisotopic (exact) mass is 274 g/mol. The Balaban J connectivity index is 2.42. The normalized spacial score (nSPS) is 25.7. The summed E-state index contributed by atoms with van der Waals surface area (Å²) in [6.07, 6.45) is -0.111. The molecule has 0 saturated carbocycles. The van der Waals surface area contributed by atoms with E-state index in [1.54, 1.807) is 20.8 Å². The van der Waals surface area contributed by atoms with Crippen molar-refractivity contribution in [2.24, 2.45) is 11.8 Å². The lowest BCUT2D eigenvalue weighted by molar-refractivity contribution is -0.0950. The van der Waals surface area contributed by atoms with Crippen LogP contribution in [0.4, 0.5) is 4.79 Å². The number of ether oxygens (including phenoxy) is 1. The van der Waals surface area contributed by atoms with Gasteiger partial charge in [-0.15, -0.1) is 0 Å². The van der Waals surface area contributed by atoms with Gasteiger partial charge in [0.1, 0.15) is 11.7 Å². The second kappa shape index (κ2) is 7.07. The lowest BCUT2D eigenvalue weighted by Crippen LogP contribution is -2.46. The fraction of sp³-hybridized carbons (Fsp3) is 0.923. The van der Waals surface area contributed by atoms with E-state index in [1.165, 1.54) is 0 Å². The van der Waals surface area contributed by atoms with Gasteiger partial charge in [-0.25, -0.2) is 4.79 Å². The zero-order chi connectivity index (χ0) is 14.5. The average Bonchev–Trinajstić information content (AvgIpc) is 2.29. The largest absolute Gasteiger partial charge is 0.442 e. The minimum absolute atomic E-state index is 0.120. The van der Waals surface area contributed by atoms with Crippen LogP contribution in [-0.2, 0) is 9.57 Å². The van der Waals surface area contributed by atoms with Crippen LogP contribution in [0, 0.1) is 11.8 Å². The van der Waals surface area contributed by atoms with Crippen LogP contribution in [0.3, 0.4) is 0 Å². The van der Waals surface area contributed by atoms with Gasteiger partial charge in [0, 0.05) is 0 Å². The molecule has 1 aliphatic heterocycles. The van der Waals surface area contributed by atoms with Crippen molar-refractivity contribution < 1.29 is 19.5 Å². The highest BCUT2D eigenvalue weighted by Gasteiger charge is 2.30. The molecule has 0 aliphatic carbocycles. The van der Waals surface area contributed by atoms with Crippen LogP contribution in [0.2, 0.25) is 0 Å². The van der Waals surface area contributed by atoms with Crippen LogP contribution >= 0.6 is 0 Å². The number of rotatable bonds is 4. The standard InChI is InChI=1S/C13H26N2O4/c1-9-7-14-6-5-10(9)11(8-16)19-15-12(17)18-13(2,3)4/h9-11,14,16H,5-8H2,1-4H3,(H,15,17). The van der Waals surface area contributed by atoms with Crippen molar-refractivity contribution in [3.05, 3.63) is 0 Å².